The zero-order valence-electron chi connectivity index (χ0n) is 13.9. The van der Waals surface area contributed by atoms with E-state index in [-0.39, 0.29) is 0 Å². The molecule has 0 saturated heterocycles. The van der Waals surface area contributed by atoms with Crippen LogP contribution in [0.3, 0.4) is 0 Å². The predicted octanol–water partition coefficient (Wildman–Crippen LogP) is 6.01. The van der Waals surface area contributed by atoms with Crippen LogP contribution in [-0.2, 0) is 6.42 Å². The molecule has 0 heterocycles. The van der Waals surface area contributed by atoms with E-state index >= 15 is 0 Å². The molecule has 1 nitrogen and oxygen atoms in total. The van der Waals surface area contributed by atoms with Gasteiger partial charge in [-0.3, -0.25) is 0 Å². The second kappa shape index (κ2) is 9.12. The van der Waals surface area contributed by atoms with Crippen LogP contribution in [0.5, 0.6) is 5.75 Å². The van der Waals surface area contributed by atoms with Crippen LogP contribution in [0.25, 0.3) is 0 Å². The molecule has 1 aliphatic rings. The first kappa shape index (κ1) is 16.4. The molecular formula is C20H32O. The quantitative estimate of drug-likeness (QED) is 0.532. The lowest BCUT2D eigenvalue weighted by Crippen LogP contribution is -2.12. The van der Waals surface area contributed by atoms with E-state index in [0.717, 1.165) is 30.6 Å². The van der Waals surface area contributed by atoms with Crippen molar-refractivity contribution in [3.63, 3.8) is 0 Å². The van der Waals surface area contributed by atoms with Gasteiger partial charge in [0.25, 0.3) is 0 Å². The zero-order chi connectivity index (χ0) is 14.9. The minimum absolute atomic E-state index is 0.847. The SMILES string of the molecule is CCCCOc1cccc(CCCC2CCC(C)CC2)c1. The van der Waals surface area contributed by atoms with E-state index in [9.17, 15) is 0 Å². The maximum atomic E-state index is 5.80. The van der Waals surface area contributed by atoms with Gasteiger partial charge < -0.3 is 4.74 Å². The van der Waals surface area contributed by atoms with E-state index in [1.165, 1.54) is 56.9 Å². The monoisotopic (exact) mass is 288 g/mol. The van der Waals surface area contributed by atoms with Crippen molar-refractivity contribution in [2.75, 3.05) is 6.61 Å². The summed E-state index contributed by atoms with van der Waals surface area (Å²) in [6.45, 7) is 5.45. The summed E-state index contributed by atoms with van der Waals surface area (Å²) >= 11 is 0. The summed E-state index contributed by atoms with van der Waals surface area (Å²) in [5.74, 6) is 3.01. The number of unbranched alkanes of at least 4 members (excludes halogenated alkanes) is 1. The molecule has 1 fully saturated rings. The molecule has 1 saturated carbocycles. The second-order valence-corrected chi connectivity index (χ2v) is 6.87. The zero-order valence-corrected chi connectivity index (χ0v) is 13.9. The van der Waals surface area contributed by atoms with Crippen molar-refractivity contribution in [3.05, 3.63) is 29.8 Å². The van der Waals surface area contributed by atoms with Gasteiger partial charge in [0.15, 0.2) is 0 Å². The topological polar surface area (TPSA) is 9.23 Å². The predicted molar refractivity (Wildman–Crippen MR) is 90.9 cm³/mol. The smallest absolute Gasteiger partial charge is 0.119 e. The Morgan fingerprint density at radius 3 is 2.67 bits per heavy atom. The van der Waals surface area contributed by atoms with Crippen molar-refractivity contribution in [2.24, 2.45) is 11.8 Å². The molecule has 21 heavy (non-hydrogen) atoms. The third-order valence-corrected chi connectivity index (χ3v) is 4.88. The molecule has 0 N–H and O–H groups in total. The van der Waals surface area contributed by atoms with Gasteiger partial charge in [0.05, 0.1) is 6.61 Å². The highest BCUT2D eigenvalue weighted by molar-refractivity contribution is 5.28. The van der Waals surface area contributed by atoms with E-state index in [2.05, 4.69) is 38.1 Å². The summed E-state index contributed by atoms with van der Waals surface area (Å²) in [5, 5.41) is 0. The van der Waals surface area contributed by atoms with Crippen LogP contribution in [0.4, 0.5) is 0 Å². The Bertz CT molecular complexity index is 391. The number of hydrogen-bond donors (Lipinski definition) is 0. The Hall–Kier alpha value is -0.980. The van der Waals surface area contributed by atoms with Crippen LogP contribution in [0, 0.1) is 11.8 Å². The van der Waals surface area contributed by atoms with Crippen LogP contribution >= 0.6 is 0 Å². The lowest BCUT2D eigenvalue weighted by atomic mass is 9.80. The molecule has 1 aromatic carbocycles. The lowest BCUT2D eigenvalue weighted by Gasteiger charge is -2.26. The normalized spacial score (nSPS) is 22.2. The van der Waals surface area contributed by atoms with Crippen molar-refractivity contribution >= 4 is 0 Å². The molecule has 1 heteroatoms. The van der Waals surface area contributed by atoms with Crippen molar-refractivity contribution < 1.29 is 4.74 Å². The Morgan fingerprint density at radius 2 is 1.90 bits per heavy atom. The summed E-state index contributed by atoms with van der Waals surface area (Å²) in [6, 6.07) is 8.70. The highest BCUT2D eigenvalue weighted by atomic mass is 16.5. The van der Waals surface area contributed by atoms with E-state index in [1.807, 2.05) is 0 Å². The molecule has 0 bridgehead atoms. The van der Waals surface area contributed by atoms with Crippen molar-refractivity contribution in [1.82, 2.24) is 0 Å². The highest BCUT2D eigenvalue weighted by Crippen LogP contribution is 2.31. The fourth-order valence-electron chi connectivity index (χ4n) is 3.34. The maximum absolute atomic E-state index is 5.80. The summed E-state index contributed by atoms with van der Waals surface area (Å²) in [5.41, 5.74) is 1.44. The summed E-state index contributed by atoms with van der Waals surface area (Å²) in [4.78, 5) is 0. The minimum Gasteiger partial charge on any atom is -0.494 e. The van der Waals surface area contributed by atoms with Gasteiger partial charge in [-0.15, -0.1) is 0 Å². The number of ether oxygens (including phenoxy) is 1. The van der Waals surface area contributed by atoms with Crippen LogP contribution < -0.4 is 4.74 Å². The van der Waals surface area contributed by atoms with E-state index in [1.54, 1.807) is 0 Å². The molecule has 1 aliphatic carbocycles. The van der Waals surface area contributed by atoms with E-state index in [0.29, 0.717) is 0 Å². The average Bonchev–Trinajstić information content (AvgIpc) is 2.50. The van der Waals surface area contributed by atoms with E-state index in [4.69, 9.17) is 4.74 Å². The second-order valence-electron chi connectivity index (χ2n) is 6.87. The van der Waals surface area contributed by atoms with Crippen LogP contribution in [0.1, 0.15) is 70.8 Å². The number of hydrogen-bond acceptors (Lipinski definition) is 1. The van der Waals surface area contributed by atoms with Crippen LogP contribution in [-0.4, -0.2) is 6.61 Å². The van der Waals surface area contributed by atoms with Crippen LogP contribution in [0.15, 0.2) is 24.3 Å². The van der Waals surface area contributed by atoms with Gasteiger partial charge in [-0.2, -0.15) is 0 Å². The Labute approximate surface area is 131 Å². The first-order valence-corrected chi connectivity index (χ1v) is 8.99. The van der Waals surface area contributed by atoms with Crippen molar-refractivity contribution in [1.29, 1.82) is 0 Å². The molecule has 118 valence electrons. The standard InChI is InChI=1S/C20H32O/c1-3-4-15-21-20-10-6-9-19(16-20)8-5-7-18-13-11-17(2)12-14-18/h6,9-10,16-18H,3-5,7-8,11-15H2,1-2H3. The number of aryl methyl sites for hydroxylation is 1. The summed E-state index contributed by atoms with van der Waals surface area (Å²) < 4.78 is 5.80. The Balaban J connectivity index is 1.69. The molecule has 0 amide bonds. The molecule has 2 rings (SSSR count). The molecule has 0 atom stereocenters. The van der Waals surface area contributed by atoms with Gasteiger partial charge >= 0.3 is 0 Å². The Kier molecular flexibility index (Phi) is 7.12. The maximum Gasteiger partial charge on any atom is 0.119 e. The minimum atomic E-state index is 0.847. The van der Waals surface area contributed by atoms with Crippen LogP contribution in [0.2, 0.25) is 0 Å². The van der Waals surface area contributed by atoms with E-state index < -0.39 is 0 Å². The Morgan fingerprint density at radius 1 is 1.10 bits per heavy atom. The number of benzene rings is 1. The summed E-state index contributed by atoms with van der Waals surface area (Å²) in [6.07, 6.45) is 12.1. The van der Waals surface area contributed by atoms with Gasteiger partial charge in [-0.05, 0) is 48.8 Å². The van der Waals surface area contributed by atoms with Crippen molar-refractivity contribution in [3.8, 4) is 5.75 Å². The van der Waals surface area contributed by atoms with Gasteiger partial charge in [0.2, 0.25) is 0 Å². The average molecular weight is 288 g/mol. The fourth-order valence-corrected chi connectivity index (χ4v) is 3.34. The fraction of sp³-hybridized carbons (Fsp3) is 0.700. The first-order valence-electron chi connectivity index (χ1n) is 8.99. The lowest BCUT2D eigenvalue weighted by molar-refractivity contribution is 0.273. The molecular weight excluding hydrogens is 256 g/mol. The molecule has 1 aromatic rings. The first-order chi connectivity index (χ1) is 10.3. The van der Waals surface area contributed by atoms with Gasteiger partial charge in [0, 0.05) is 0 Å². The van der Waals surface area contributed by atoms with Crippen molar-refractivity contribution in [2.45, 2.75) is 71.6 Å². The van der Waals surface area contributed by atoms with Gasteiger partial charge in [0.1, 0.15) is 5.75 Å². The van der Waals surface area contributed by atoms with Gasteiger partial charge in [-0.25, -0.2) is 0 Å². The molecule has 0 aromatic heterocycles. The molecule has 0 spiro atoms. The van der Waals surface area contributed by atoms with Gasteiger partial charge in [-0.1, -0.05) is 64.5 Å². The third kappa shape index (κ3) is 6.11. The highest BCUT2D eigenvalue weighted by Gasteiger charge is 2.17. The number of rotatable bonds is 8. The largest absolute Gasteiger partial charge is 0.494 e. The summed E-state index contributed by atoms with van der Waals surface area (Å²) in [7, 11) is 0. The molecule has 0 aliphatic heterocycles. The molecule has 0 unspecified atom stereocenters. The third-order valence-electron chi connectivity index (χ3n) is 4.88. The molecule has 0 radical (unpaired) electrons.